The Bertz CT molecular complexity index is 860. The topological polar surface area (TPSA) is 21.3 Å². The molecule has 1 unspecified atom stereocenters. The molecular formula is C20H16ClF4NO. The van der Waals surface area contributed by atoms with E-state index in [0.29, 0.717) is 17.7 Å². The van der Waals surface area contributed by atoms with Crippen LogP contribution in [0.5, 0.6) is 5.75 Å². The van der Waals surface area contributed by atoms with Crippen LogP contribution in [0.3, 0.4) is 0 Å². The van der Waals surface area contributed by atoms with Gasteiger partial charge in [0.05, 0.1) is 16.6 Å². The van der Waals surface area contributed by atoms with Crippen molar-refractivity contribution in [3.8, 4) is 5.75 Å². The normalized spacial score (nSPS) is 17.3. The highest BCUT2D eigenvalue weighted by Gasteiger charge is 2.28. The van der Waals surface area contributed by atoms with E-state index in [9.17, 15) is 17.6 Å². The summed E-state index contributed by atoms with van der Waals surface area (Å²) in [6, 6.07) is 10.8. The molecule has 2 nitrogen and oxygen atoms in total. The van der Waals surface area contributed by atoms with Gasteiger partial charge in [-0.1, -0.05) is 36.9 Å². The fourth-order valence-corrected chi connectivity index (χ4v) is 3.07. The molecule has 0 bridgehead atoms. The molecule has 1 N–H and O–H groups in total. The summed E-state index contributed by atoms with van der Waals surface area (Å²) in [5.41, 5.74) is 1.70. The predicted molar refractivity (Wildman–Crippen MR) is 97.6 cm³/mol. The van der Waals surface area contributed by atoms with Gasteiger partial charge >= 0.3 is 0 Å². The zero-order valence-corrected chi connectivity index (χ0v) is 14.9. The molecule has 0 fully saturated rings. The van der Waals surface area contributed by atoms with Crippen molar-refractivity contribution in [3.05, 3.63) is 77.5 Å². The van der Waals surface area contributed by atoms with Gasteiger partial charge in [-0.3, -0.25) is 0 Å². The van der Waals surface area contributed by atoms with Crippen LogP contribution in [0, 0.1) is 11.6 Å². The summed E-state index contributed by atoms with van der Waals surface area (Å²) in [7, 11) is 0. The second-order valence-corrected chi connectivity index (χ2v) is 6.53. The number of hydrogen-bond donors (Lipinski definition) is 1. The van der Waals surface area contributed by atoms with E-state index in [0.717, 1.165) is 17.7 Å². The third-order valence-electron chi connectivity index (χ3n) is 4.11. The molecule has 0 aliphatic carbocycles. The monoisotopic (exact) mass is 397 g/mol. The first-order valence-electron chi connectivity index (χ1n) is 8.15. The molecule has 1 heterocycles. The van der Waals surface area contributed by atoms with E-state index in [1.807, 2.05) is 18.2 Å². The Hall–Kier alpha value is -2.47. The molecule has 27 heavy (non-hydrogen) atoms. The average Bonchev–Trinajstić information content (AvgIpc) is 2.63. The number of allylic oxidation sites excluding steroid dienone is 2. The minimum atomic E-state index is -2.74. The van der Waals surface area contributed by atoms with Gasteiger partial charge in [-0.05, 0) is 17.6 Å². The molecule has 0 amide bonds. The van der Waals surface area contributed by atoms with E-state index in [4.69, 9.17) is 16.3 Å². The van der Waals surface area contributed by atoms with Crippen LogP contribution < -0.4 is 10.1 Å². The highest BCUT2D eigenvalue weighted by molar-refractivity contribution is 6.23. The van der Waals surface area contributed by atoms with Crippen LogP contribution in [0.25, 0.3) is 11.3 Å². The quantitative estimate of drug-likeness (QED) is 0.524. The number of nitrogens with one attached hydrogen (secondary N) is 1. The van der Waals surface area contributed by atoms with Crippen molar-refractivity contribution >= 4 is 22.9 Å². The van der Waals surface area contributed by atoms with E-state index in [1.165, 1.54) is 0 Å². The van der Waals surface area contributed by atoms with Gasteiger partial charge in [-0.25, -0.2) is 17.6 Å². The van der Waals surface area contributed by atoms with Gasteiger partial charge in [-0.15, -0.1) is 11.6 Å². The number of alkyl halides is 3. The predicted octanol–water partition coefficient (Wildman–Crippen LogP) is 5.59. The molecule has 0 aromatic heterocycles. The maximum absolute atomic E-state index is 14.7. The van der Waals surface area contributed by atoms with E-state index in [-0.39, 0.29) is 17.0 Å². The summed E-state index contributed by atoms with van der Waals surface area (Å²) in [6.45, 7) is 2.85. The molecule has 0 spiro atoms. The number of halogens is 5. The minimum Gasteiger partial charge on any atom is -0.487 e. The third-order valence-corrected chi connectivity index (χ3v) is 4.53. The maximum Gasteiger partial charge on any atom is 0.272 e. The van der Waals surface area contributed by atoms with Crippen LogP contribution >= 0.6 is 11.6 Å². The van der Waals surface area contributed by atoms with Gasteiger partial charge in [0, 0.05) is 17.8 Å². The number of ether oxygens (including phenoxy) is 1. The van der Waals surface area contributed by atoms with Gasteiger partial charge in [0.1, 0.15) is 24.0 Å². The van der Waals surface area contributed by atoms with Crippen LogP contribution in [0.1, 0.15) is 17.5 Å². The summed E-state index contributed by atoms with van der Waals surface area (Å²) in [5, 5.41) is 2.45. The van der Waals surface area contributed by atoms with Crippen LogP contribution in [0.4, 0.5) is 17.6 Å². The second-order valence-electron chi connectivity index (χ2n) is 6.01. The average molecular weight is 398 g/mol. The highest BCUT2D eigenvalue weighted by atomic mass is 35.5. The summed E-state index contributed by atoms with van der Waals surface area (Å²) in [6.07, 6.45) is -2.41. The number of hydrogen-bond acceptors (Lipinski definition) is 2. The summed E-state index contributed by atoms with van der Waals surface area (Å²) >= 11 is 6.27. The summed E-state index contributed by atoms with van der Waals surface area (Å²) in [5.74, 6) is -2.17. The maximum atomic E-state index is 14.7. The molecule has 7 heteroatoms. The van der Waals surface area contributed by atoms with Crippen LogP contribution in [0.15, 0.2) is 54.7 Å². The summed E-state index contributed by atoms with van der Waals surface area (Å²) < 4.78 is 58.6. The molecular weight excluding hydrogens is 382 g/mol. The largest absolute Gasteiger partial charge is 0.487 e. The molecule has 1 aliphatic rings. The SMILES string of the molecule is C=C1NC(c2c(F)cc(OCC(F)F)cc2F)=C(c2ccccc2)CC1Cl. The second kappa shape index (κ2) is 8.05. The fourth-order valence-electron chi connectivity index (χ4n) is 2.86. The summed E-state index contributed by atoms with van der Waals surface area (Å²) in [4.78, 5) is 0. The van der Waals surface area contributed by atoms with E-state index < -0.39 is 30.0 Å². The van der Waals surface area contributed by atoms with Crippen molar-refractivity contribution in [2.24, 2.45) is 0 Å². The Morgan fingerprint density at radius 3 is 2.37 bits per heavy atom. The van der Waals surface area contributed by atoms with Crippen molar-refractivity contribution in [2.45, 2.75) is 18.2 Å². The van der Waals surface area contributed by atoms with Gasteiger partial charge in [0.15, 0.2) is 0 Å². The number of benzene rings is 2. The van der Waals surface area contributed by atoms with Gasteiger partial charge in [0.2, 0.25) is 0 Å². The Balaban J connectivity index is 2.09. The van der Waals surface area contributed by atoms with Crippen molar-refractivity contribution in [1.29, 1.82) is 0 Å². The van der Waals surface area contributed by atoms with Crippen molar-refractivity contribution in [2.75, 3.05) is 6.61 Å². The number of rotatable bonds is 5. The molecule has 3 rings (SSSR count). The van der Waals surface area contributed by atoms with Gasteiger partial charge in [-0.2, -0.15) is 0 Å². The van der Waals surface area contributed by atoms with Crippen molar-refractivity contribution in [1.82, 2.24) is 5.32 Å². The first-order chi connectivity index (χ1) is 12.9. The molecule has 2 aromatic carbocycles. The molecule has 2 aromatic rings. The minimum absolute atomic E-state index is 0.207. The molecule has 142 valence electrons. The molecule has 0 radical (unpaired) electrons. The fraction of sp³-hybridized carbons (Fsp3) is 0.200. The van der Waals surface area contributed by atoms with Crippen LogP contribution in [-0.2, 0) is 0 Å². The molecule has 0 saturated carbocycles. The van der Waals surface area contributed by atoms with Gasteiger partial charge < -0.3 is 10.1 Å². The lowest BCUT2D eigenvalue weighted by Gasteiger charge is -2.28. The first-order valence-corrected chi connectivity index (χ1v) is 8.59. The Kier molecular flexibility index (Phi) is 5.75. The molecule has 1 atom stereocenters. The lowest BCUT2D eigenvalue weighted by Crippen LogP contribution is -2.26. The lowest BCUT2D eigenvalue weighted by molar-refractivity contribution is 0.0815. The highest BCUT2D eigenvalue weighted by Crippen LogP contribution is 2.38. The van der Waals surface area contributed by atoms with Crippen molar-refractivity contribution < 1.29 is 22.3 Å². The van der Waals surface area contributed by atoms with Crippen LogP contribution in [-0.4, -0.2) is 18.4 Å². The molecule has 1 aliphatic heterocycles. The Morgan fingerprint density at radius 2 is 1.78 bits per heavy atom. The Labute approximate surface area is 159 Å². The zero-order chi connectivity index (χ0) is 19.6. The van der Waals surface area contributed by atoms with E-state index in [1.54, 1.807) is 12.1 Å². The van der Waals surface area contributed by atoms with Crippen LogP contribution in [0.2, 0.25) is 0 Å². The Morgan fingerprint density at radius 1 is 1.15 bits per heavy atom. The van der Waals surface area contributed by atoms with E-state index >= 15 is 0 Å². The lowest BCUT2D eigenvalue weighted by atomic mass is 9.91. The van der Waals surface area contributed by atoms with E-state index in [2.05, 4.69) is 11.9 Å². The first kappa shape index (κ1) is 19.3. The van der Waals surface area contributed by atoms with Crippen molar-refractivity contribution in [3.63, 3.8) is 0 Å². The third kappa shape index (κ3) is 4.27. The smallest absolute Gasteiger partial charge is 0.272 e. The zero-order valence-electron chi connectivity index (χ0n) is 14.1. The standard InChI is InChI=1S/C20H16ClF4NO/c1-11-15(21)9-14(12-5-3-2-4-6-12)20(26-11)19-16(22)7-13(8-17(19)23)27-10-18(24)25/h2-8,15,18,26H,1,9-10H2. The molecule has 0 saturated heterocycles. The van der Waals surface area contributed by atoms with Gasteiger partial charge in [0.25, 0.3) is 6.43 Å².